The molecule has 0 unspecified atom stereocenters. The second-order valence-electron chi connectivity index (χ2n) is 6.03. The van der Waals surface area contributed by atoms with E-state index in [4.69, 9.17) is 16.0 Å². The van der Waals surface area contributed by atoms with Gasteiger partial charge in [0.05, 0.1) is 5.56 Å². The molecule has 2 aromatic carbocycles. The summed E-state index contributed by atoms with van der Waals surface area (Å²) in [6.45, 7) is 1.85. The predicted molar refractivity (Wildman–Crippen MR) is 107 cm³/mol. The summed E-state index contributed by atoms with van der Waals surface area (Å²) in [6.07, 6.45) is -1.88. The lowest BCUT2D eigenvalue weighted by atomic mass is 10.1. The van der Waals surface area contributed by atoms with Crippen molar-refractivity contribution in [3.05, 3.63) is 82.6 Å². The van der Waals surface area contributed by atoms with Crippen LogP contribution >= 0.6 is 11.6 Å². The second kappa shape index (κ2) is 8.98. The normalized spacial score (nSPS) is 11.3. The van der Waals surface area contributed by atoms with Gasteiger partial charge in [0.2, 0.25) is 5.91 Å². The van der Waals surface area contributed by atoms with Crippen LogP contribution in [-0.2, 0) is 11.0 Å². The van der Waals surface area contributed by atoms with Crippen molar-refractivity contribution >= 4 is 29.3 Å². The Morgan fingerprint density at radius 1 is 1.10 bits per heavy atom. The Bertz CT molecular complexity index is 1040. The molecule has 3 N–H and O–H groups in total. The summed E-state index contributed by atoms with van der Waals surface area (Å²) in [4.78, 5) is 12.0. The fourth-order valence-corrected chi connectivity index (χ4v) is 2.73. The Morgan fingerprint density at radius 2 is 1.83 bits per heavy atom. The van der Waals surface area contributed by atoms with Gasteiger partial charge < -0.3 is 15.2 Å². The Balaban J connectivity index is 0.00000300. The van der Waals surface area contributed by atoms with Gasteiger partial charge in [0, 0.05) is 22.3 Å². The predicted octanol–water partition coefficient (Wildman–Crippen LogP) is 5.75. The number of anilines is 1. The van der Waals surface area contributed by atoms with E-state index in [-0.39, 0.29) is 22.6 Å². The molecule has 0 spiro atoms. The first-order valence-electron chi connectivity index (χ1n) is 8.26. The van der Waals surface area contributed by atoms with Gasteiger partial charge in [-0.25, -0.2) is 0 Å². The SMILES string of the molecule is Cc1ccc(NC(=O)/C=C/c2ccc(-c3ccccc3C(F)(F)F)o2)cc1Cl.O. The number of carbonyl (C=O) groups is 1. The third kappa shape index (κ3) is 5.49. The highest BCUT2D eigenvalue weighted by molar-refractivity contribution is 6.31. The molecule has 3 aromatic rings. The number of hydrogen-bond acceptors (Lipinski definition) is 2. The molecule has 0 bridgehead atoms. The molecule has 0 aliphatic carbocycles. The molecule has 1 heterocycles. The smallest absolute Gasteiger partial charge is 0.417 e. The van der Waals surface area contributed by atoms with Crippen LogP contribution in [0.5, 0.6) is 0 Å². The molecule has 0 aliphatic rings. The maximum atomic E-state index is 13.1. The summed E-state index contributed by atoms with van der Waals surface area (Å²) in [5.74, 6) is -0.101. The van der Waals surface area contributed by atoms with E-state index in [2.05, 4.69) is 5.32 Å². The summed E-state index contributed by atoms with van der Waals surface area (Å²) in [7, 11) is 0. The van der Waals surface area contributed by atoms with Crippen molar-refractivity contribution in [3.8, 4) is 11.3 Å². The maximum Gasteiger partial charge on any atom is 0.417 e. The molecule has 152 valence electrons. The zero-order chi connectivity index (χ0) is 20.3. The molecule has 3 rings (SSSR count). The molecule has 8 heteroatoms. The lowest BCUT2D eigenvalue weighted by Crippen LogP contribution is -2.07. The van der Waals surface area contributed by atoms with Gasteiger partial charge in [0.1, 0.15) is 11.5 Å². The van der Waals surface area contributed by atoms with Crippen molar-refractivity contribution in [1.29, 1.82) is 0 Å². The van der Waals surface area contributed by atoms with E-state index in [1.54, 1.807) is 18.2 Å². The minimum Gasteiger partial charge on any atom is -0.457 e. The van der Waals surface area contributed by atoms with Crippen LogP contribution in [0.25, 0.3) is 17.4 Å². The van der Waals surface area contributed by atoms with Gasteiger partial charge in [-0.1, -0.05) is 35.9 Å². The standard InChI is InChI=1S/C21H15ClF3NO2.H2O/c1-13-6-7-14(12-18(13)22)26-20(27)11-9-15-8-10-19(28-15)16-4-2-3-5-17(16)21(23,24)25;/h2-12H,1H3,(H,26,27);1H2/b11-9+;. The summed E-state index contributed by atoms with van der Waals surface area (Å²) in [5, 5.41) is 3.18. The molecule has 0 radical (unpaired) electrons. The van der Waals surface area contributed by atoms with E-state index >= 15 is 0 Å². The Labute approximate surface area is 169 Å². The molecule has 1 aromatic heterocycles. The fourth-order valence-electron chi connectivity index (χ4n) is 2.54. The van der Waals surface area contributed by atoms with Gasteiger partial charge in [-0.05, 0) is 48.9 Å². The molecule has 0 fully saturated rings. The van der Waals surface area contributed by atoms with Crippen LogP contribution in [-0.4, -0.2) is 11.4 Å². The van der Waals surface area contributed by atoms with Crippen molar-refractivity contribution in [2.75, 3.05) is 5.32 Å². The maximum absolute atomic E-state index is 13.1. The van der Waals surface area contributed by atoms with E-state index < -0.39 is 17.6 Å². The summed E-state index contributed by atoms with van der Waals surface area (Å²) in [5.41, 5.74) is 0.573. The van der Waals surface area contributed by atoms with E-state index in [0.29, 0.717) is 10.7 Å². The lowest BCUT2D eigenvalue weighted by Gasteiger charge is -2.10. The molecule has 1 amide bonds. The number of benzene rings is 2. The first kappa shape index (κ1) is 22.3. The number of nitrogens with one attached hydrogen (secondary N) is 1. The highest BCUT2D eigenvalue weighted by Crippen LogP contribution is 2.37. The van der Waals surface area contributed by atoms with E-state index in [0.717, 1.165) is 11.6 Å². The molecule has 0 saturated heterocycles. The number of amides is 1. The largest absolute Gasteiger partial charge is 0.457 e. The summed E-state index contributed by atoms with van der Waals surface area (Å²) >= 11 is 6.01. The van der Waals surface area contributed by atoms with E-state index in [1.807, 2.05) is 6.92 Å². The van der Waals surface area contributed by atoms with Crippen molar-refractivity contribution in [2.24, 2.45) is 0 Å². The van der Waals surface area contributed by atoms with Gasteiger partial charge >= 0.3 is 6.18 Å². The first-order chi connectivity index (χ1) is 13.2. The number of alkyl halides is 3. The summed E-state index contributed by atoms with van der Waals surface area (Å²) in [6, 6.07) is 13.2. The Morgan fingerprint density at radius 3 is 2.52 bits per heavy atom. The monoisotopic (exact) mass is 423 g/mol. The number of carbonyl (C=O) groups excluding carboxylic acids is 1. The lowest BCUT2D eigenvalue weighted by molar-refractivity contribution is -0.137. The highest BCUT2D eigenvalue weighted by atomic mass is 35.5. The minimum absolute atomic E-state index is 0. The quantitative estimate of drug-likeness (QED) is 0.542. The molecular weight excluding hydrogens is 407 g/mol. The number of rotatable bonds is 4. The van der Waals surface area contributed by atoms with Crippen molar-refractivity contribution in [3.63, 3.8) is 0 Å². The number of aryl methyl sites for hydroxylation is 1. The van der Waals surface area contributed by atoms with Crippen LogP contribution in [0.4, 0.5) is 18.9 Å². The molecule has 0 atom stereocenters. The Kier molecular flexibility index (Phi) is 6.89. The number of halogens is 4. The van der Waals surface area contributed by atoms with Gasteiger partial charge in [0.25, 0.3) is 0 Å². The zero-order valence-corrected chi connectivity index (χ0v) is 15.9. The number of hydrogen-bond donors (Lipinski definition) is 1. The van der Waals surface area contributed by atoms with Crippen LogP contribution in [0.15, 0.2) is 65.1 Å². The van der Waals surface area contributed by atoms with E-state index in [9.17, 15) is 18.0 Å². The van der Waals surface area contributed by atoms with Crippen LogP contribution in [0.1, 0.15) is 16.9 Å². The third-order valence-electron chi connectivity index (χ3n) is 3.96. The van der Waals surface area contributed by atoms with Gasteiger partial charge in [0.15, 0.2) is 0 Å². The van der Waals surface area contributed by atoms with Gasteiger partial charge in [-0.2, -0.15) is 13.2 Å². The fraction of sp³-hybridized carbons (Fsp3) is 0.0952. The van der Waals surface area contributed by atoms with Crippen molar-refractivity contribution in [1.82, 2.24) is 0 Å². The molecule has 4 nitrogen and oxygen atoms in total. The molecule has 0 saturated carbocycles. The second-order valence-corrected chi connectivity index (χ2v) is 6.44. The van der Waals surface area contributed by atoms with Gasteiger partial charge in [-0.15, -0.1) is 0 Å². The first-order valence-corrected chi connectivity index (χ1v) is 8.63. The average Bonchev–Trinajstić information content (AvgIpc) is 3.11. The van der Waals surface area contributed by atoms with Crippen LogP contribution < -0.4 is 5.32 Å². The summed E-state index contributed by atoms with van der Waals surface area (Å²) < 4.78 is 44.9. The zero-order valence-electron chi connectivity index (χ0n) is 15.2. The van der Waals surface area contributed by atoms with Crippen LogP contribution in [0.3, 0.4) is 0 Å². The highest BCUT2D eigenvalue weighted by Gasteiger charge is 2.34. The molecular formula is C21H17ClF3NO3. The van der Waals surface area contributed by atoms with Gasteiger partial charge in [-0.3, -0.25) is 4.79 Å². The Hall–Kier alpha value is -3.03. The van der Waals surface area contributed by atoms with Crippen LogP contribution in [0, 0.1) is 6.92 Å². The van der Waals surface area contributed by atoms with E-state index in [1.165, 1.54) is 42.5 Å². The third-order valence-corrected chi connectivity index (χ3v) is 4.37. The average molecular weight is 424 g/mol. The van der Waals surface area contributed by atoms with Crippen molar-refractivity contribution < 1.29 is 27.9 Å². The molecule has 29 heavy (non-hydrogen) atoms. The molecule has 0 aliphatic heterocycles. The van der Waals surface area contributed by atoms with Crippen LogP contribution in [0.2, 0.25) is 5.02 Å². The van der Waals surface area contributed by atoms with Crippen molar-refractivity contribution in [2.45, 2.75) is 13.1 Å². The number of furan rings is 1. The minimum atomic E-state index is -4.49. The topological polar surface area (TPSA) is 73.7 Å².